The fourth-order valence-corrected chi connectivity index (χ4v) is 9.08. The highest BCUT2D eigenvalue weighted by atomic mass is 32.2. The maximum absolute atomic E-state index is 14.5. The first-order valence-electron chi connectivity index (χ1n) is 14.2. The number of likely N-dealkylation sites (tertiary alicyclic amines) is 1. The molecule has 6 atom stereocenters. The molecule has 0 radical (unpaired) electrons. The van der Waals surface area contributed by atoms with Crippen molar-refractivity contribution in [2.24, 2.45) is 17.8 Å². The summed E-state index contributed by atoms with van der Waals surface area (Å²) in [7, 11) is 0. The third-order valence-corrected chi connectivity index (χ3v) is 10.4. The lowest BCUT2D eigenvalue weighted by atomic mass is 9.74. The van der Waals surface area contributed by atoms with Gasteiger partial charge in [-0.1, -0.05) is 68.5 Å². The summed E-state index contributed by atoms with van der Waals surface area (Å²) in [6, 6.07) is 8.50. The molecule has 1 aromatic rings. The second kappa shape index (κ2) is 11.1. The first kappa shape index (κ1) is 28.0. The molecule has 7 nitrogen and oxygen atoms in total. The van der Waals surface area contributed by atoms with Crippen LogP contribution in [0.3, 0.4) is 0 Å². The SMILES string of the molecule is CC(C)C[C@H](CO)N1C(=O)[C@@H]2[C@H]3C(=O)OCCCC/C=C\[C@@]3(C)S[C@@]23C=CCN(Cc2ccccc2)C(=O)C13. The van der Waals surface area contributed by atoms with Crippen molar-refractivity contribution in [1.29, 1.82) is 0 Å². The van der Waals surface area contributed by atoms with E-state index >= 15 is 0 Å². The molecule has 8 heteroatoms. The molecule has 1 unspecified atom stereocenters. The van der Waals surface area contributed by atoms with E-state index in [0.717, 1.165) is 24.8 Å². The van der Waals surface area contributed by atoms with E-state index in [1.165, 1.54) is 0 Å². The number of amides is 2. The molecule has 2 saturated heterocycles. The first-order valence-corrected chi connectivity index (χ1v) is 15.0. The van der Waals surface area contributed by atoms with Crippen LogP contribution < -0.4 is 0 Å². The summed E-state index contributed by atoms with van der Waals surface area (Å²) in [5, 5.41) is 10.5. The standard InChI is InChI=1S/C31H40N2O5S/c1-21(2)18-23(20-34)33-26-28(36)32(19-22-12-7-6-8-13-22)16-11-15-31(26)24(27(33)35)25-29(37)38-17-10-5-4-9-14-30(25,3)39-31/h6-9,11-15,21,23-26,34H,4-5,10,16-20H2,1-3H3/b14-9-/t23-,24+,25+,26?,30-,31+/m1/s1. The van der Waals surface area contributed by atoms with E-state index in [1.807, 2.05) is 63.3 Å². The van der Waals surface area contributed by atoms with Gasteiger partial charge in [0.2, 0.25) is 11.8 Å². The van der Waals surface area contributed by atoms with Gasteiger partial charge in [0.05, 0.1) is 35.8 Å². The van der Waals surface area contributed by atoms with Gasteiger partial charge in [0, 0.05) is 17.8 Å². The number of aliphatic hydroxyl groups excluding tert-OH is 1. The van der Waals surface area contributed by atoms with E-state index in [9.17, 15) is 19.5 Å². The minimum Gasteiger partial charge on any atom is -0.465 e. The number of benzene rings is 1. The maximum atomic E-state index is 14.5. The molecule has 5 rings (SSSR count). The highest BCUT2D eigenvalue weighted by Crippen LogP contribution is 2.65. The Hall–Kier alpha value is -2.58. The van der Waals surface area contributed by atoms with Gasteiger partial charge in [-0.25, -0.2) is 0 Å². The first-order chi connectivity index (χ1) is 18.7. The van der Waals surface area contributed by atoms with Crippen molar-refractivity contribution in [3.8, 4) is 0 Å². The average molecular weight is 553 g/mol. The summed E-state index contributed by atoms with van der Waals surface area (Å²) in [6.07, 6.45) is 11.3. The predicted octanol–water partition coefficient (Wildman–Crippen LogP) is 3.96. The summed E-state index contributed by atoms with van der Waals surface area (Å²) in [4.78, 5) is 46.1. The average Bonchev–Trinajstić information content (AvgIpc) is 3.25. The minimum absolute atomic E-state index is 0.140. The molecule has 1 spiro atoms. The zero-order valence-corrected chi connectivity index (χ0v) is 23.9. The Bertz CT molecular complexity index is 1150. The Kier molecular flexibility index (Phi) is 7.98. The number of hydrogen-bond acceptors (Lipinski definition) is 6. The normalized spacial score (nSPS) is 34.3. The van der Waals surface area contributed by atoms with Crippen LogP contribution in [0.25, 0.3) is 0 Å². The number of hydrogen-bond donors (Lipinski definition) is 1. The number of rotatable bonds is 6. The van der Waals surface area contributed by atoms with Crippen molar-refractivity contribution < 1.29 is 24.2 Å². The Labute approximate surface area is 235 Å². The molecule has 0 bridgehead atoms. The van der Waals surface area contributed by atoms with Crippen LogP contribution >= 0.6 is 11.8 Å². The van der Waals surface area contributed by atoms with Crippen LogP contribution in [0, 0.1) is 17.8 Å². The van der Waals surface area contributed by atoms with Crippen molar-refractivity contribution in [3.63, 3.8) is 0 Å². The smallest absolute Gasteiger partial charge is 0.311 e. The third-order valence-electron chi connectivity index (χ3n) is 8.59. The summed E-state index contributed by atoms with van der Waals surface area (Å²) in [5.74, 6) is -2.02. The largest absolute Gasteiger partial charge is 0.465 e. The number of carbonyl (C=O) groups is 3. The van der Waals surface area contributed by atoms with Crippen LogP contribution in [0.1, 0.15) is 52.0 Å². The van der Waals surface area contributed by atoms with Crippen LogP contribution in [0.2, 0.25) is 0 Å². The predicted molar refractivity (Wildman–Crippen MR) is 152 cm³/mol. The number of nitrogens with zero attached hydrogens (tertiary/aromatic N) is 2. The second-order valence-corrected chi connectivity index (χ2v) is 13.7. The fraction of sp³-hybridized carbons (Fsp3) is 0.581. The Morgan fingerprint density at radius 1 is 1.05 bits per heavy atom. The van der Waals surface area contributed by atoms with Gasteiger partial charge in [0.15, 0.2) is 0 Å². The number of carbonyl (C=O) groups excluding carboxylic acids is 3. The molecule has 210 valence electrons. The van der Waals surface area contributed by atoms with Crippen molar-refractivity contribution in [2.75, 3.05) is 19.8 Å². The van der Waals surface area contributed by atoms with E-state index in [2.05, 4.69) is 12.2 Å². The highest BCUT2D eigenvalue weighted by Gasteiger charge is 2.74. The van der Waals surface area contributed by atoms with Crippen LogP contribution in [-0.4, -0.2) is 74.0 Å². The zero-order chi connectivity index (χ0) is 27.8. The van der Waals surface area contributed by atoms with Crippen molar-refractivity contribution in [1.82, 2.24) is 9.80 Å². The Balaban J connectivity index is 1.63. The van der Waals surface area contributed by atoms with E-state index in [-0.39, 0.29) is 30.3 Å². The number of cyclic esters (lactones) is 1. The molecule has 2 amide bonds. The van der Waals surface area contributed by atoms with E-state index < -0.39 is 33.4 Å². The lowest BCUT2D eigenvalue weighted by molar-refractivity contribution is -0.155. The molecule has 0 aromatic heterocycles. The molecule has 4 aliphatic heterocycles. The van der Waals surface area contributed by atoms with Crippen LogP contribution in [0.15, 0.2) is 54.6 Å². The van der Waals surface area contributed by atoms with Gasteiger partial charge in [-0.2, -0.15) is 0 Å². The van der Waals surface area contributed by atoms with E-state index in [1.54, 1.807) is 21.6 Å². The van der Waals surface area contributed by atoms with Crippen LogP contribution in [0.4, 0.5) is 0 Å². The summed E-state index contributed by atoms with van der Waals surface area (Å²) in [5.41, 5.74) is 1.01. The quantitative estimate of drug-likeness (QED) is 0.425. The van der Waals surface area contributed by atoms with Gasteiger partial charge in [0.25, 0.3) is 0 Å². The molecule has 4 heterocycles. The van der Waals surface area contributed by atoms with Gasteiger partial charge in [0.1, 0.15) is 6.04 Å². The van der Waals surface area contributed by atoms with Gasteiger partial charge >= 0.3 is 5.97 Å². The second-order valence-electron chi connectivity index (χ2n) is 11.9. The molecule has 0 aliphatic carbocycles. The molecule has 1 aromatic carbocycles. The van der Waals surface area contributed by atoms with Crippen molar-refractivity contribution in [3.05, 3.63) is 60.2 Å². The van der Waals surface area contributed by atoms with Crippen molar-refractivity contribution >= 4 is 29.5 Å². The molecular formula is C31H40N2O5S. The van der Waals surface area contributed by atoms with Crippen LogP contribution in [0.5, 0.6) is 0 Å². The Morgan fingerprint density at radius 3 is 2.54 bits per heavy atom. The molecular weight excluding hydrogens is 512 g/mol. The molecule has 4 aliphatic rings. The van der Waals surface area contributed by atoms with Gasteiger partial charge in [-0.05, 0) is 44.1 Å². The topological polar surface area (TPSA) is 87.2 Å². The Morgan fingerprint density at radius 2 is 1.82 bits per heavy atom. The number of fused-ring (bicyclic) bond motifs is 2. The lowest BCUT2D eigenvalue weighted by Crippen LogP contribution is -2.56. The molecule has 39 heavy (non-hydrogen) atoms. The maximum Gasteiger partial charge on any atom is 0.311 e. The van der Waals surface area contributed by atoms with Crippen LogP contribution in [-0.2, 0) is 25.7 Å². The number of thioether (sulfide) groups is 1. The number of aliphatic hydroxyl groups is 1. The van der Waals surface area contributed by atoms with Gasteiger partial charge < -0.3 is 19.6 Å². The van der Waals surface area contributed by atoms with E-state index in [4.69, 9.17) is 4.74 Å². The zero-order valence-electron chi connectivity index (χ0n) is 23.1. The molecule has 0 saturated carbocycles. The summed E-state index contributed by atoms with van der Waals surface area (Å²) < 4.78 is 4.10. The number of esters is 1. The van der Waals surface area contributed by atoms with E-state index in [0.29, 0.717) is 26.1 Å². The molecule has 2 fully saturated rings. The van der Waals surface area contributed by atoms with Gasteiger partial charge in [-0.15, -0.1) is 11.8 Å². The summed E-state index contributed by atoms with van der Waals surface area (Å²) in [6.45, 7) is 7.03. The van der Waals surface area contributed by atoms with Crippen molar-refractivity contribution in [2.45, 2.75) is 74.6 Å². The fourth-order valence-electron chi connectivity index (χ4n) is 6.94. The lowest BCUT2D eigenvalue weighted by Gasteiger charge is -2.40. The summed E-state index contributed by atoms with van der Waals surface area (Å²) >= 11 is 1.55. The highest BCUT2D eigenvalue weighted by molar-refractivity contribution is 8.02. The monoisotopic (exact) mass is 552 g/mol. The third kappa shape index (κ3) is 4.95. The minimum atomic E-state index is -0.944. The molecule has 1 N–H and O–H groups in total. The van der Waals surface area contributed by atoms with Gasteiger partial charge in [-0.3, -0.25) is 14.4 Å². The number of allylic oxidation sites excluding steroid dienone is 1. The number of ether oxygens (including phenoxy) is 1.